The Kier molecular flexibility index (Phi) is 12.7. The predicted octanol–water partition coefficient (Wildman–Crippen LogP) is 4.12. The van der Waals surface area contributed by atoms with E-state index in [1.807, 2.05) is 18.2 Å². The number of aryl methyl sites for hydroxylation is 1. The number of benzene rings is 1. The van der Waals surface area contributed by atoms with Gasteiger partial charge in [-0.3, -0.25) is 0 Å². The van der Waals surface area contributed by atoms with Gasteiger partial charge < -0.3 is 15.8 Å². The summed E-state index contributed by atoms with van der Waals surface area (Å²) >= 11 is 12.1. The molecule has 0 radical (unpaired) electrons. The molecule has 1 aromatic rings. The standard InChI is InChI=1S/C19H30BCl2NO2.CO2/c21-17-9-8-15(18(22)13-17)6-2-1-5-14-11-16(12-14)19(23)7-3-4-10-20(24)25;2-1-3/h8-9,13-14,16,19,24-25H,1-7,10-12,23H2;. The zero-order chi connectivity index (χ0) is 20.9. The van der Waals surface area contributed by atoms with Crippen molar-refractivity contribution in [2.24, 2.45) is 17.6 Å². The summed E-state index contributed by atoms with van der Waals surface area (Å²) in [4.78, 5) is 16.2. The Morgan fingerprint density at radius 2 is 1.82 bits per heavy atom. The molecule has 1 aromatic carbocycles. The molecule has 0 saturated heterocycles. The number of carbonyl (C=O) groups excluding carboxylic acids is 2. The van der Waals surface area contributed by atoms with Crippen molar-refractivity contribution in [1.29, 1.82) is 0 Å². The molecule has 4 N–H and O–H groups in total. The van der Waals surface area contributed by atoms with Crippen LogP contribution in [0.2, 0.25) is 16.4 Å². The lowest BCUT2D eigenvalue weighted by atomic mass is 9.68. The van der Waals surface area contributed by atoms with E-state index in [0.29, 0.717) is 17.3 Å². The summed E-state index contributed by atoms with van der Waals surface area (Å²) < 4.78 is 0. The molecular formula is C20H30BCl2NO4. The average Bonchev–Trinajstić information content (AvgIpc) is 2.59. The van der Waals surface area contributed by atoms with Crippen LogP contribution in [0.3, 0.4) is 0 Å². The monoisotopic (exact) mass is 429 g/mol. The van der Waals surface area contributed by atoms with Crippen LogP contribution in [0.4, 0.5) is 0 Å². The highest BCUT2D eigenvalue weighted by molar-refractivity contribution is 6.40. The summed E-state index contributed by atoms with van der Waals surface area (Å²) in [6.45, 7) is 0. The molecule has 5 nitrogen and oxygen atoms in total. The Morgan fingerprint density at radius 3 is 2.43 bits per heavy atom. The minimum Gasteiger partial charge on any atom is -0.427 e. The van der Waals surface area contributed by atoms with Gasteiger partial charge in [-0.05, 0) is 68.0 Å². The summed E-state index contributed by atoms with van der Waals surface area (Å²) in [7, 11) is -1.17. The van der Waals surface area contributed by atoms with E-state index in [9.17, 15) is 0 Å². The van der Waals surface area contributed by atoms with Crippen LogP contribution in [0.25, 0.3) is 0 Å². The van der Waals surface area contributed by atoms with E-state index in [1.165, 1.54) is 31.2 Å². The Balaban J connectivity index is 0.00000122. The highest BCUT2D eigenvalue weighted by Gasteiger charge is 2.32. The van der Waals surface area contributed by atoms with Gasteiger partial charge in [0.2, 0.25) is 0 Å². The maximum absolute atomic E-state index is 8.83. The highest BCUT2D eigenvalue weighted by atomic mass is 35.5. The molecule has 0 aromatic heterocycles. The molecule has 0 spiro atoms. The van der Waals surface area contributed by atoms with E-state index in [2.05, 4.69) is 0 Å². The normalized spacial score (nSPS) is 19.0. The van der Waals surface area contributed by atoms with E-state index in [-0.39, 0.29) is 12.2 Å². The highest BCUT2D eigenvalue weighted by Crippen LogP contribution is 2.40. The Hall–Kier alpha value is -0.875. The number of hydrogen-bond acceptors (Lipinski definition) is 5. The van der Waals surface area contributed by atoms with Gasteiger partial charge in [0, 0.05) is 16.1 Å². The fourth-order valence-corrected chi connectivity index (χ4v) is 4.29. The van der Waals surface area contributed by atoms with Gasteiger partial charge in [-0.25, -0.2) is 0 Å². The maximum Gasteiger partial charge on any atom is 0.451 e. The van der Waals surface area contributed by atoms with Gasteiger partial charge in [-0.1, -0.05) is 55.0 Å². The third-order valence-corrected chi connectivity index (χ3v) is 6.04. The quantitative estimate of drug-likeness (QED) is 0.362. The zero-order valence-corrected chi connectivity index (χ0v) is 17.7. The minimum atomic E-state index is -1.17. The SMILES string of the molecule is NC(CCCCB(O)O)C1CC(CCCCc2ccc(Cl)cc2Cl)C1.O=C=O. The van der Waals surface area contributed by atoms with Crippen molar-refractivity contribution in [3.63, 3.8) is 0 Å². The number of halogens is 2. The largest absolute Gasteiger partial charge is 0.451 e. The van der Waals surface area contributed by atoms with Crippen molar-refractivity contribution < 1.29 is 19.6 Å². The molecule has 0 bridgehead atoms. The fraction of sp³-hybridized carbons (Fsp3) is 0.650. The number of hydrogen-bond donors (Lipinski definition) is 3. The smallest absolute Gasteiger partial charge is 0.427 e. The molecule has 1 fully saturated rings. The van der Waals surface area contributed by atoms with Gasteiger partial charge in [0.05, 0.1) is 0 Å². The van der Waals surface area contributed by atoms with Gasteiger partial charge in [0.25, 0.3) is 0 Å². The molecule has 1 aliphatic carbocycles. The summed E-state index contributed by atoms with van der Waals surface area (Å²) in [5.74, 6) is 1.49. The van der Waals surface area contributed by atoms with E-state index in [4.69, 9.17) is 48.6 Å². The Morgan fingerprint density at radius 1 is 1.14 bits per heavy atom. The van der Waals surface area contributed by atoms with E-state index < -0.39 is 7.12 Å². The first-order valence-electron chi connectivity index (χ1n) is 9.92. The van der Waals surface area contributed by atoms with E-state index in [0.717, 1.165) is 43.0 Å². The summed E-state index contributed by atoms with van der Waals surface area (Å²) in [6, 6.07) is 6.03. The summed E-state index contributed by atoms with van der Waals surface area (Å²) in [5.41, 5.74) is 7.45. The van der Waals surface area contributed by atoms with Gasteiger partial charge >= 0.3 is 13.3 Å². The zero-order valence-electron chi connectivity index (χ0n) is 16.2. The Labute approximate surface area is 177 Å². The summed E-state index contributed by atoms with van der Waals surface area (Å²) in [5, 5.41) is 19.1. The van der Waals surface area contributed by atoms with Crippen molar-refractivity contribution in [2.75, 3.05) is 0 Å². The van der Waals surface area contributed by atoms with Crippen molar-refractivity contribution in [3.8, 4) is 0 Å². The molecule has 156 valence electrons. The average molecular weight is 430 g/mol. The lowest BCUT2D eigenvalue weighted by Gasteiger charge is -2.39. The van der Waals surface area contributed by atoms with Gasteiger partial charge in [-0.2, -0.15) is 9.59 Å². The van der Waals surface area contributed by atoms with Crippen LogP contribution in [0.15, 0.2) is 18.2 Å². The van der Waals surface area contributed by atoms with Crippen LogP contribution < -0.4 is 5.73 Å². The van der Waals surface area contributed by atoms with Crippen LogP contribution in [0.5, 0.6) is 0 Å². The third-order valence-electron chi connectivity index (χ3n) is 5.45. The van der Waals surface area contributed by atoms with E-state index >= 15 is 0 Å². The first kappa shape index (κ1) is 25.2. The molecule has 1 saturated carbocycles. The third kappa shape index (κ3) is 10.1. The lowest BCUT2D eigenvalue weighted by Crippen LogP contribution is -2.39. The van der Waals surface area contributed by atoms with E-state index in [1.54, 1.807) is 0 Å². The number of rotatable bonds is 11. The molecule has 1 unspecified atom stereocenters. The van der Waals surface area contributed by atoms with Crippen molar-refractivity contribution >= 4 is 36.5 Å². The van der Waals surface area contributed by atoms with Crippen LogP contribution >= 0.6 is 23.2 Å². The molecule has 1 atom stereocenters. The van der Waals surface area contributed by atoms with Gasteiger partial charge in [-0.15, -0.1) is 0 Å². The van der Waals surface area contributed by atoms with Crippen LogP contribution in [0.1, 0.15) is 56.9 Å². The van der Waals surface area contributed by atoms with Crippen molar-refractivity contribution in [3.05, 3.63) is 33.8 Å². The molecule has 8 heteroatoms. The molecule has 0 aliphatic heterocycles. The minimum absolute atomic E-state index is 0.250. The second-order valence-corrected chi connectivity index (χ2v) is 8.43. The van der Waals surface area contributed by atoms with Gasteiger partial charge in [0.15, 0.2) is 0 Å². The fourth-order valence-electron chi connectivity index (χ4n) is 3.79. The molecule has 0 amide bonds. The molecular weight excluding hydrogens is 400 g/mol. The summed E-state index contributed by atoms with van der Waals surface area (Å²) in [6.07, 6.45) is 10.7. The van der Waals surface area contributed by atoms with Crippen LogP contribution in [0, 0.1) is 11.8 Å². The van der Waals surface area contributed by atoms with Crippen molar-refractivity contribution in [1.82, 2.24) is 0 Å². The maximum atomic E-state index is 8.83. The first-order chi connectivity index (χ1) is 13.4. The number of unbranched alkanes of at least 4 members (excludes halogenated alkanes) is 2. The first-order valence-corrected chi connectivity index (χ1v) is 10.7. The molecule has 2 rings (SSSR count). The van der Waals surface area contributed by atoms with Crippen LogP contribution in [-0.2, 0) is 16.0 Å². The van der Waals surface area contributed by atoms with Crippen LogP contribution in [-0.4, -0.2) is 29.4 Å². The molecule has 28 heavy (non-hydrogen) atoms. The molecule has 0 heterocycles. The van der Waals surface area contributed by atoms with Gasteiger partial charge in [0.1, 0.15) is 0 Å². The Bertz CT molecular complexity index is 606. The topological polar surface area (TPSA) is 101 Å². The predicted molar refractivity (Wildman–Crippen MR) is 112 cm³/mol. The second-order valence-electron chi connectivity index (χ2n) is 7.59. The lowest BCUT2D eigenvalue weighted by molar-refractivity contribution is -0.191. The number of nitrogens with two attached hydrogens (primary N) is 1. The molecule has 1 aliphatic rings. The second kappa shape index (κ2) is 14.2. The van der Waals surface area contributed by atoms with Crippen molar-refractivity contribution in [2.45, 2.75) is 70.1 Å².